The Morgan fingerprint density at radius 3 is 2.58 bits per heavy atom. The molecule has 2 aliphatic rings. The molecule has 0 heterocycles. The summed E-state index contributed by atoms with van der Waals surface area (Å²) in [7, 11) is 1.39. The van der Waals surface area contributed by atoms with E-state index < -0.39 is 11.7 Å². The zero-order valence-corrected chi connectivity index (χ0v) is 15.8. The number of aliphatic hydroxyl groups is 2. The van der Waals surface area contributed by atoms with Gasteiger partial charge in [-0.1, -0.05) is 37.5 Å². The quantitative estimate of drug-likeness (QED) is 0.412. The first-order valence-corrected chi connectivity index (χ1v) is 9.98. The van der Waals surface area contributed by atoms with Crippen LogP contribution in [0.2, 0.25) is 0 Å². The van der Waals surface area contributed by atoms with Crippen LogP contribution in [-0.2, 0) is 14.3 Å². The Bertz CT molecular complexity index is 538. The van der Waals surface area contributed by atoms with Crippen molar-refractivity contribution in [3.63, 3.8) is 0 Å². The lowest BCUT2D eigenvalue weighted by Crippen LogP contribution is -2.30. The number of Topliss-reactive ketones (excluding diaryl/α,β-unsaturated/α-hetero) is 1. The Morgan fingerprint density at radius 1 is 1.19 bits per heavy atom. The van der Waals surface area contributed by atoms with E-state index in [0.717, 1.165) is 44.9 Å². The molecule has 0 aromatic rings. The van der Waals surface area contributed by atoms with Crippen LogP contribution in [0.1, 0.15) is 77.0 Å². The number of ketones is 1. The molecule has 5 heteroatoms. The summed E-state index contributed by atoms with van der Waals surface area (Å²) >= 11 is 0. The van der Waals surface area contributed by atoms with Gasteiger partial charge < -0.3 is 14.9 Å². The zero-order chi connectivity index (χ0) is 19.0. The molecule has 0 bridgehead atoms. The smallest absolute Gasteiger partial charge is 0.305 e. The van der Waals surface area contributed by atoms with E-state index in [-0.39, 0.29) is 30.0 Å². The second-order valence-electron chi connectivity index (χ2n) is 7.76. The van der Waals surface area contributed by atoms with Crippen LogP contribution in [-0.4, -0.2) is 40.8 Å². The van der Waals surface area contributed by atoms with E-state index >= 15 is 0 Å². The van der Waals surface area contributed by atoms with Crippen molar-refractivity contribution in [2.45, 2.75) is 88.8 Å². The fourth-order valence-electron chi connectivity index (χ4n) is 4.06. The lowest BCUT2D eigenvalue weighted by atomic mass is 9.83. The summed E-state index contributed by atoms with van der Waals surface area (Å²) in [6.45, 7) is 0. The minimum absolute atomic E-state index is 0.0852. The van der Waals surface area contributed by atoms with E-state index in [4.69, 9.17) is 0 Å². The molecule has 0 aliphatic heterocycles. The van der Waals surface area contributed by atoms with Crippen LogP contribution in [0.5, 0.6) is 0 Å². The summed E-state index contributed by atoms with van der Waals surface area (Å²) in [5.41, 5.74) is -0.942. The molecule has 26 heavy (non-hydrogen) atoms. The van der Waals surface area contributed by atoms with E-state index in [1.807, 2.05) is 0 Å². The van der Waals surface area contributed by atoms with E-state index in [1.165, 1.54) is 7.11 Å². The lowest BCUT2D eigenvalue weighted by molar-refractivity contribution is -0.140. The standard InChI is InChI=1S/C21H32O5/c1-26-20(24)10-6-3-2-5-9-16-17(19(23)15-18(16)22)11-14-21(25)12-7-4-8-13-21/h16-17,19,23,25H,2-10,12-13,15H2,1H3/t16-,17-,19-/m1/s1. The largest absolute Gasteiger partial charge is 0.469 e. The molecule has 2 saturated carbocycles. The van der Waals surface area contributed by atoms with Crippen molar-refractivity contribution in [2.75, 3.05) is 7.11 Å². The van der Waals surface area contributed by atoms with Gasteiger partial charge in [-0.05, 0) is 38.5 Å². The van der Waals surface area contributed by atoms with Gasteiger partial charge in [-0.25, -0.2) is 0 Å². The van der Waals surface area contributed by atoms with Gasteiger partial charge in [0.1, 0.15) is 11.4 Å². The maximum absolute atomic E-state index is 12.2. The molecule has 5 nitrogen and oxygen atoms in total. The third-order valence-electron chi connectivity index (χ3n) is 5.70. The van der Waals surface area contributed by atoms with Crippen LogP contribution >= 0.6 is 0 Å². The van der Waals surface area contributed by atoms with Gasteiger partial charge in [0.15, 0.2) is 0 Å². The third kappa shape index (κ3) is 6.10. The second kappa shape index (κ2) is 10.1. The predicted molar refractivity (Wildman–Crippen MR) is 98.1 cm³/mol. The van der Waals surface area contributed by atoms with Crippen molar-refractivity contribution >= 4 is 11.8 Å². The molecule has 0 radical (unpaired) electrons. The first-order valence-electron chi connectivity index (χ1n) is 9.98. The molecule has 0 saturated heterocycles. The minimum Gasteiger partial charge on any atom is -0.469 e. The van der Waals surface area contributed by atoms with Crippen molar-refractivity contribution < 1.29 is 24.5 Å². The summed E-state index contributed by atoms with van der Waals surface area (Å²) < 4.78 is 4.62. The normalized spacial score (nSPS) is 27.7. The number of unbranched alkanes of at least 4 members (excludes halogenated alkanes) is 3. The molecule has 2 aliphatic carbocycles. The maximum Gasteiger partial charge on any atom is 0.305 e. The molecule has 2 fully saturated rings. The van der Waals surface area contributed by atoms with Crippen LogP contribution in [0.15, 0.2) is 0 Å². The first-order chi connectivity index (χ1) is 12.4. The molecule has 2 rings (SSSR count). The van der Waals surface area contributed by atoms with Crippen molar-refractivity contribution in [3.8, 4) is 11.8 Å². The molecule has 0 unspecified atom stereocenters. The number of aliphatic hydroxyl groups excluding tert-OH is 1. The highest BCUT2D eigenvalue weighted by Gasteiger charge is 2.40. The molecular formula is C21H32O5. The van der Waals surface area contributed by atoms with Crippen molar-refractivity contribution in [2.24, 2.45) is 11.8 Å². The second-order valence-corrected chi connectivity index (χ2v) is 7.76. The summed E-state index contributed by atoms with van der Waals surface area (Å²) in [5, 5.41) is 20.7. The maximum atomic E-state index is 12.2. The number of rotatable bonds is 7. The number of hydrogen-bond donors (Lipinski definition) is 2. The van der Waals surface area contributed by atoms with Gasteiger partial charge in [0.25, 0.3) is 0 Å². The highest BCUT2D eigenvalue weighted by atomic mass is 16.5. The van der Waals surface area contributed by atoms with Crippen molar-refractivity contribution in [1.29, 1.82) is 0 Å². The summed E-state index contributed by atoms with van der Waals surface area (Å²) in [6.07, 6.45) is 8.61. The van der Waals surface area contributed by atoms with Gasteiger partial charge in [-0.15, -0.1) is 0 Å². The van der Waals surface area contributed by atoms with Crippen LogP contribution in [0.4, 0.5) is 0 Å². The zero-order valence-electron chi connectivity index (χ0n) is 15.8. The fraction of sp³-hybridized carbons (Fsp3) is 0.810. The SMILES string of the molecule is COC(=O)CCCCCC[C@H]1C(=O)C[C@@H](O)[C@@H]1C#CC1(O)CCCCC1. The van der Waals surface area contributed by atoms with E-state index in [2.05, 4.69) is 16.6 Å². The number of carbonyl (C=O) groups is 2. The topological polar surface area (TPSA) is 83.8 Å². The van der Waals surface area contributed by atoms with Gasteiger partial charge in [0, 0.05) is 18.8 Å². The molecule has 146 valence electrons. The Kier molecular flexibility index (Phi) is 8.12. The average molecular weight is 364 g/mol. The Labute approximate surface area is 156 Å². The van der Waals surface area contributed by atoms with Gasteiger partial charge in [0.05, 0.1) is 19.1 Å². The number of esters is 1. The van der Waals surface area contributed by atoms with Crippen molar-refractivity contribution in [1.82, 2.24) is 0 Å². The van der Waals surface area contributed by atoms with Crippen LogP contribution in [0.25, 0.3) is 0 Å². The van der Waals surface area contributed by atoms with Crippen molar-refractivity contribution in [3.05, 3.63) is 0 Å². The predicted octanol–water partition coefficient (Wildman–Crippen LogP) is 2.76. The highest BCUT2D eigenvalue weighted by Crippen LogP contribution is 2.34. The molecule has 0 aromatic carbocycles. The molecular weight excluding hydrogens is 332 g/mol. The summed E-state index contributed by atoms with van der Waals surface area (Å²) in [5.74, 6) is 5.37. The van der Waals surface area contributed by atoms with Gasteiger partial charge in [0.2, 0.25) is 0 Å². The molecule has 3 atom stereocenters. The van der Waals surface area contributed by atoms with Crippen LogP contribution in [0.3, 0.4) is 0 Å². The third-order valence-corrected chi connectivity index (χ3v) is 5.70. The Balaban J connectivity index is 1.82. The first kappa shape index (κ1) is 20.9. The molecule has 0 aromatic heterocycles. The van der Waals surface area contributed by atoms with Gasteiger partial charge in [-0.2, -0.15) is 0 Å². The summed E-state index contributed by atoms with van der Waals surface area (Å²) in [4.78, 5) is 23.3. The Hall–Kier alpha value is -1.38. The van der Waals surface area contributed by atoms with E-state index in [9.17, 15) is 19.8 Å². The van der Waals surface area contributed by atoms with E-state index in [0.29, 0.717) is 25.7 Å². The Morgan fingerprint density at radius 2 is 1.88 bits per heavy atom. The number of methoxy groups -OCH3 is 1. The van der Waals surface area contributed by atoms with Crippen LogP contribution in [0, 0.1) is 23.7 Å². The van der Waals surface area contributed by atoms with Gasteiger partial charge >= 0.3 is 5.97 Å². The number of hydrogen-bond acceptors (Lipinski definition) is 5. The fourth-order valence-corrected chi connectivity index (χ4v) is 4.06. The number of ether oxygens (including phenoxy) is 1. The molecule has 2 N–H and O–H groups in total. The monoisotopic (exact) mass is 364 g/mol. The highest BCUT2D eigenvalue weighted by molar-refractivity contribution is 5.85. The lowest BCUT2D eigenvalue weighted by Gasteiger charge is -2.27. The summed E-state index contributed by atoms with van der Waals surface area (Å²) in [6, 6.07) is 0. The average Bonchev–Trinajstić information content (AvgIpc) is 2.89. The molecule has 0 spiro atoms. The van der Waals surface area contributed by atoms with Gasteiger partial charge in [-0.3, -0.25) is 9.59 Å². The van der Waals surface area contributed by atoms with Crippen LogP contribution < -0.4 is 0 Å². The number of carbonyl (C=O) groups excluding carboxylic acids is 2. The van der Waals surface area contributed by atoms with E-state index in [1.54, 1.807) is 0 Å². The minimum atomic E-state index is -0.942. The molecule has 0 amide bonds.